The molecule has 0 fully saturated rings. The number of aromatic nitrogens is 2. The summed E-state index contributed by atoms with van der Waals surface area (Å²) >= 11 is 0. The van der Waals surface area contributed by atoms with Crippen LogP contribution in [0.3, 0.4) is 0 Å². The molecule has 0 radical (unpaired) electrons. The molecule has 0 aliphatic heterocycles. The van der Waals surface area contributed by atoms with E-state index < -0.39 is 12.6 Å². The average Bonchev–Trinajstić information content (AvgIpc) is 2.26. The molecule has 0 spiro atoms. The molecule has 0 saturated carbocycles. The molecular formula is C11H9F3N2O. The van der Waals surface area contributed by atoms with Crippen LogP contribution in [0.25, 0.3) is 10.9 Å². The molecule has 3 nitrogen and oxygen atoms in total. The predicted molar refractivity (Wildman–Crippen MR) is 55.8 cm³/mol. The first kappa shape index (κ1) is 11.6. The van der Waals surface area contributed by atoms with Gasteiger partial charge in [-0.2, -0.15) is 13.2 Å². The minimum absolute atomic E-state index is 0.165. The van der Waals surface area contributed by atoms with Gasteiger partial charge >= 0.3 is 6.18 Å². The summed E-state index contributed by atoms with van der Waals surface area (Å²) in [5.74, 6) is 0.277. The van der Waals surface area contributed by atoms with E-state index in [-0.39, 0.29) is 11.4 Å². The van der Waals surface area contributed by atoms with Gasteiger partial charge in [0.2, 0.25) is 5.88 Å². The number of ether oxygens (including phenoxy) is 1. The molecule has 17 heavy (non-hydrogen) atoms. The summed E-state index contributed by atoms with van der Waals surface area (Å²) in [6.45, 7) is 0. The normalized spacial score (nSPS) is 11.8. The van der Waals surface area contributed by atoms with Crippen LogP contribution >= 0.6 is 0 Å². The van der Waals surface area contributed by atoms with Gasteiger partial charge in [0.15, 0.2) is 0 Å². The second kappa shape index (κ2) is 4.20. The van der Waals surface area contributed by atoms with E-state index in [0.717, 1.165) is 0 Å². The van der Waals surface area contributed by atoms with E-state index in [1.54, 1.807) is 0 Å². The quantitative estimate of drug-likeness (QED) is 0.812. The molecule has 1 aromatic heterocycles. The zero-order chi connectivity index (χ0) is 12.5. The van der Waals surface area contributed by atoms with E-state index >= 15 is 0 Å². The third-order valence-electron chi connectivity index (χ3n) is 2.26. The van der Waals surface area contributed by atoms with Crippen molar-refractivity contribution in [3.8, 4) is 5.88 Å². The fourth-order valence-electron chi connectivity index (χ4n) is 1.58. The van der Waals surface area contributed by atoms with Crippen molar-refractivity contribution in [3.05, 3.63) is 30.1 Å². The highest BCUT2D eigenvalue weighted by atomic mass is 19.4. The molecule has 1 aromatic carbocycles. The lowest BCUT2D eigenvalue weighted by Gasteiger charge is -2.08. The third kappa shape index (κ3) is 2.64. The van der Waals surface area contributed by atoms with Gasteiger partial charge < -0.3 is 4.74 Å². The van der Waals surface area contributed by atoms with Crippen molar-refractivity contribution < 1.29 is 17.9 Å². The molecule has 0 aliphatic carbocycles. The number of benzene rings is 1. The molecule has 2 rings (SSSR count). The Morgan fingerprint density at radius 3 is 2.65 bits per heavy atom. The summed E-state index contributed by atoms with van der Waals surface area (Å²) in [6, 6.07) is 4.34. The molecular weight excluding hydrogens is 233 g/mol. The van der Waals surface area contributed by atoms with Crippen LogP contribution in [-0.4, -0.2) is 23.3 Å². The highest BCUT2D eigenvalue weighted by Gasteiger charge is 2.27. The number of rotatable bonds is 2. The van der Waals surface area contributed by atoms with Crippen molar-refractivity contribution in [1.29, 1.82) is 0 Å². The highest BCUT2D eigenvalue weighted by Crippen LogP contribution is 2.26. The van der Waals surface area contributed by atoms with Crippen molar-refractivity contribution >= 4 is 10.9 Å². The topological polar surface area (TPSA) is 35.0 Å². The van der Waals surface area contributed by atoms with Gasteiger partial charge in [-0.05, 0) is 17.7 Å². The number of hydrogen-bond donors (Lipinski definition) is 0. The van der Waals surface area contributed by atoms with Crippen molar-refractivity contribution in [2.24, 2.45) is 0 Å². The van der Waals surface area contributed by atoms with Gasteiger partial charge in [0, 0.05) is 0 Å². The monoisotopic (exact) mass is 242 g/mol. The number of alkyl halides is 3. The Kier molecular flexibility index (Phi) is 2.87. The molecule has 0 aliphatic rings. The first-order valence-corrected chi connectivity index (χ1v) is 4.84. The van der Waals surface area contributed by atoms with Crippen molar-refractivity contribution in [2.45, 2.75) is 12.6 Å². The number of hydrogen-bond acceptors (Lipinski definition) is 3. The Morgan fingerprint density at radius 1 is 1.24 bits per heavy atom. The van der Waals surface area contributed by atoms with E-state index in [1.807, 2.05) is 0 Å². The van der Waals surface area contributed by atoms with Gasteiger partial charge in [0.25, 0.3) is 0 Å². The molecule has 0 bridgehead atoms. The zero-order valence-corrected chi connectivity index (χ0v) is 8.95. The van der Waals surface area contributed by atoms with E-state index in [1.165, 1.54) is 31.6 Å². The molecule has 0 amide bonds. The fraction of sp³-hybridized carbons (Fsp3) is 0.273. The standard InChI is InChI=1S/C11H9F3N2O/c1-17-10-8-4-7(5-11(12,13)14)2-3-9(8)15-6-16-10/h2-4,6H,5H2,1H3. The summed E-state index contributed by atoms with van der Waals surface area (Å²) < 4.78 is 41.8. The first-order valence-electron chi connectivity index (χ1n) is 4.84. The predicted octanol–water partition coefficient (Wildman–Crippen LogP) is 2.74. The van der Waals surface area contributed by atoms with Gasteiger partial charge in [-0.25, -0.2) is 9.97 Å². The van der Waals surface area contributed by atoms with Crippen molar-refractivity contribution in [3.63, 3.8) is 0 Å². The summed E-state index contributed by atoms with van der Waals surface area (Å²) in [5, 5.41) is 0.483. The molecule has 0 unspecified atom stereocenters. The van der Waals surface area contributed by atoms with E-state index in [2.05, 4.69) is 9.97 Å². The SMILES string of the molecule is COc1ncnc2ccc(CC(F)(F)F)cc12. The number of fused-ring (bicyclic) bond motifs is 1. The molecule has 0 N–H and O–H groups in total. The fourth-order valence-corrected chi connectivity index (χ4v) is 1.58. The van der Waals surface area contributed by atoms with Gasteiger partial charge in [0.05, 0.1) is 24.4 Å². The van der Waals surface area contributed by atoms with Crippen LogP contribution in [0.5, 0.6) is 5.88 Å². The van der Waals surface area contributed by atoms with Crippen LogP contribution in [0.2, 0.25) is 0 Å². The van der Waals surface area contributed by atoms with Crippen LogP contribution in [0.1, 0.15) is 5.56 Å². The van der Waals surface area contributed by atoms with E-state index in [0.29, 0.717) is 10.9 Å². The second-order valence-corrected chi connectivity index (χ2v) is 3.53. The maximum Gasteiger partial charge on any atom is 0.393 e. The molecule has 2 aromatic rings. The van der Waals surface area contributed by atoms with Crippen LogP contribution in [0.15, 0.2) is 24.5 Å². The van der Waals surface area contributed by atoms with Crippen molar-refractivity contribution in [2.75, 3.05) is 7.11 Å². The Labute approximate surface area is 95.3 Å². The minimum Gasteiger partial charge on any atom is -0.480 e. The second-order valence-electron chi connectivity index (χ2n) is 3.53. The lowest BCUT2D eigenvalue weighted by molar-refractivity contribution is -0.127. The van der Waals surface area contributed by atoms with Crippen LogP contribution in [0.4, 0.5) is 13.2 Å². The summed E-state index contributed by atoms with van der Waals surface area (Å²) in [4.78, 5) is 7.80. The highest BCUT2D eigenvalue weighted by molar-refractivity contribution is 5.83. The van der Waals surface area contributed by atoms with Gasteiger partial charge in [0.1, 0.15) is 6.33 Å². The summed E-state index contributed by atoms with van der Waals surface area (Å²) in [7, 11) is 1.41. The molecule has 90 valence electrons. The maximum atomic E-state index is 12.3. The van der Waals surface area contributed by atoms with Gasteiger partial charge in [-0.1, -0.05) is 6.07 Å². The summed E-state index contributed by atoms with van der Waals surface area (Å²) in [5.41, 5.74) is 0.723. The van der Waals surface area contributed by atoms with E-state index in [9.17, 15) is 13.2 Å². The maximum absolute atomic E-state index is 12.3. The lowest BCUT2D eigenvalue weighted by atomic mass is 10.1. The van der Waals surface area contributed by atoms with Gasteiger partial charge in [-0.3, -0.25) is 0 Å². The Bertz CT molecular complexity index is 540. The number of halogens is 3. The number of methoxy groups -OCH3 is 1. The summed E-state index contributed by atoms with van der Waals surface area (Å²) in [6.07, 6.45) is -3.89. The van der Waals surface area contributed by atoms with Crippen LogP contribution < -0.4 is 4.74 Å². The Morgan fingerprint density at radius 2 is 2.00 bits per heavy atom. The van der Waals surface area contributed by atoms with E-state index in [4.69, 9.17) is 4.74 Å². The molecule has 0 saturated heterocycles. The average molecular weight is 242 g/mol. The third-order valence-corrected chi connectivity index (χ3v) is 2.26. The number of nitrogens with zero attached hydrogens (tertiary/aromatic N) is 2. The Hall–Kier alpha value is -1.85. The van der Waals surface area contributed by atoms with Crippen molar-refractivity contribution in [1.82, 2.24) is 9.97 Å². The molecule has 6 heteroatoms. The zero-order valence-electron chi connectivity index (χ0n) is 8.95. The Balaban J connectivity index is 2.48. The smallest absolute Gasteiger partial charge is 0.393 e. The minimum atomic E-state index is -4.23. The van der Waals surface area contributed by atoms with Crippen LogP contribution in [-0.2, 0) is 6.42 Å². The largest absolute Gasteiger partial charge is 0.480 e. The van der Waals surface area contributed by atoms with Crippen LogP contribution in [0, 0.1) is 0 Å². The molecule has 0 atom stereocenters. The van der Waals surface area contributed by atoms with Gasteiger partial charge in [-0.15, -0.1) is 0 Å². The first-order chi connectivity index (χ1) is 7.99. The lowest BCUT2D eigenvalue weighted by Crippen LogP contribution is -2.11. The molecule has 1 heterocycles.